The lowest BCUT2D eigenvalue weighted by Crippen LogP contribution is -2.09. The Kier molecular flexibility index (Phi) is 4.23. The van der Waals surface area contributed by atoms with Crippen LogP contribution in [0, 0.1) is 46.5 Å². The summed E-state index contributed by atoms with van der Waals surface area (Å²) in [5.41, 5.74) is -5.00. The largest absolute Gasteiger partial charge is 0.503 e. The number of phenolic OH excluding ortho intramolecular Hbond substituents is 1. The Morgan fingerprint density at radius 3 is 1.17 bits per heavy atom. The summed E-state index contributed by atoms with van der Waals surface area (Å²) in [5.74, 6) is -19.9. The second-order valence-corrected chi connectivity index (χ2v) is 4.44. The van der Waals surface area contributed by atoms with Gasteiger partial charge in [-0.2, -0.15) is 8.78 Å². The van der Waals surface area contributed by atoms with Crippen LogP contribution in [0.25, 0.3) is 11.1 Å². The van der Waals surface area contributed by atoms with Crippen molar-refractivity contribution in [2.45, 2.75) is 13.3 Å². The molecule has 9 heteroatoms. The fourth-order valence-electron chi connectivity index (χ4n) is 2.05. The molecule has 0 amide bonds. The molecule has 124 valence electrons. The van der Waals surface area contributed by atoms with E-state index in [1.165, 1.54) is 0 Å². The molecule has 23 heavy (non-hydrogen) atoms. The summed E-state index contributed by atoms with van der Waals surface area (Å²) in [4.78, 5) is 0. The quantitative estimate of drug-likeness (QED) is 0.618. The molecule has 0 saturated carbocycles. The van der Waals surface area contributed by atoms with E-state index in [1.807, 2.05) is 0 Å². The number of phenols is 1. The Morgan fingerprint density at radius 2 is 0.870 bits per heavy atom. The molecule has 0 heterocycles. The Bertz CT molecular complexity index is 757. The zero-order chi connectivity index (χ0) is 17.6. The summed E-state index contributed by atoms with van der Waals surface area (Å²) in [6.07, 6.45) is -0.491. The van der Waals surface area contributed by atoms with Gasteiger partial charge in [0.1, 0.15) is 0 Å². The van der Waals surface area contributed by atoms with E-state index in [0.29, 0.717) is 0 Å². The summed E-state index contributed by atoms with van der Waals surface area (Å²) in [6.45, 7) is 1.15. The van der Waals surface area contributed by atoms with E-state index in [2.05, 4.69) is 0 Å². The minimum absolute atomic E-state index is 0.491. The predicted octanol–water partition coefficient (Wildman–Crippen LogP) is 4.73. The van der Waals surface area contributed by atoms with Crippen LogP contribution in [-0.4, -0.2) is 5.11 Å². The fraction of sp³-hybridized carbons (Fsp3) is 0.143. The first-order valence-electron chi connectivity index (χ1n) is 6.05. The topological polar surface area (TPSA) is 20.2 Å². The SMILES string of the molecule is CCc1c(F)c(F)c(-c2c(F)c(F)c(O)c(F)c2F)c(F)c1F. The van der Waals surface area contributed by atoms with Gasteiger partial charge in [0.05, 0.1) is 11.1 Å². The first kappa shape index (κ1) is 17.0. The molecule has 0 aliphatic heterocycles. The molecule has 2 aromatic rings. The molecule has 0 atom stereocenters. The second-order valence-electron chi connectivity index (χ2n) is 4.44. The first-order valence-corrected chi connectivity index (χ1v) is 6.05. The van der Waals surface area contributed by atoms with Gasteiger partial charge in [0.25, 0.3) is 0 Å². The molecule has 0 aliphatic rings. The number of halogens is 8. The molecule has 0 radical (unpaired) electrons. The normalized spacial score (nSPS) is 11.2. The highest BCUT2D eigenvalue weighted by molar-refractivity contribution is 5.68. The maximum absolute atomic E-state index is 13.9. The van der Waals surface area contributed by atoms with E-state index in [-0.39, 0.29) is 0 Å². The van der Waals surface area contributed by atoms with E-state index < -0.39 is 75.4 Å². The predicted molar refractivity (Wildman–Crippen MR) is 62.6 cm³/mol. The highest BCUT2D eigenvalue weighted by Gasteiger charge is 2.33. The monoisotopic (exact) mass is 342 g/mol. The standard InChI is InChI=1S/C14H6F8O/c1-2-3-6(15)8(17)4(9(18)7(3)16)5-10(19)12(21)14(23)13(22)11(5)20/h23H,2H2,1H3. The van der Waals surface area contributed by atoms with E-state index in [4.69, 9.17) is 5.11 Å². The number of aromatic hydroxyl groups is 1. The van der Waals surface area contributed by atoms with Crippen molar-refractivity contribution in [1.29, 1.82) is 0 Å². The molecule has 0 fully saturated rings. The van der Waals surface area contributed by atoms with Crippen molar-refractivity contribution in [3.63, 3.8) is 0 Å². The summed E-state index contributed by atoms with van der Waals surface area (Å²) >= 11 is 0. The van der Waals surface area contributed by atoms with Gasteiger partial charge in [-0.3, -0.25) is 0 Å². The minimum Gasteiger partial charge on any atom is -0.503 e. The lowest BCUT2D eigenvalue weighted by atomic mass is 9.98. The van der Waals surface area contributed by atoms with E-state index in [0.717, 1.165) is 6.92 Å². The summed E-state index contributed by atoms with van der Waals surface area (Å²) in [6, 6.07) is 0. The van der Waals surface area contributed by atoms with Gasteiger partial charge in [0.2, 0.25) is 11.6 Å². The molecule has 0 unspecified atom stereocenters. The molecule has 0 saturated heterocycles. The van der Waals surface area contributed by atoms with Gasteiger partial charge >= 0.3 is 0 Å². The minimum atomic E-state index is -2.40. The van der Waals surface area contributed by atoms with Crippen molar-refractivity contribution < 1.29 is 40.2 Å². The summed E-state index contributed by atoms with van der Waals surface area (Å²) < 4.78 is 109. The third-order valence-electron chi connectivity index (χ3n) is 3.20. The van der Waals surface area contributed by atoms with Crippen LogP contribution in [0.15, 0.2) is 0 Å². The smallest absolute Gasteiger partial charge is 0.204 e. The van der Waals surface area contributed by atoms with Gasteiger partial charge < -0.3 is 5.11 Å². The van der Waals surface area contributed by atoms with Crippen LogP contribution in [0.1, 0.15) is 12.5 Å². The van der Waals surface area contributed by atoms with E-state index in [9.17, 15) is 35.1 Å². The van der Waals surface area contributed by atoms with Crippen molar-refractivity contribution in [1.82, 2.24) is 0 Å². The highest BCUT2D eigenvalue weighted by atomic mass is 19.2. The molecule has 2 rings (SSSR count). The van der Waals surface area contributed by atoms with Crippen LogP contribution in [0.4, 0.5) is 35.1 Å². The van der Waals surface area contributed by atoms with Crippen LogP contribution in [0.2, 0.25) is 0 Å². The Balaban J connectivity index is 3.01. The molecule has 0 aliphatic carbocycles. The van der Waals surface area contributed by atoms with Crippen LogP contribution in [-0.2, 0) is 6.42 Å². The number of hydrogen-bond acceptors (Lipinski definition) is 1. The average Bonchev–Trinajstić information content (AvgIpc) is 2.53. The maximum atomic E-state index is 13.9. The molecule has 1 N–H and O–H groups in total. The lowest BCUT2D eigenvalue weighted by Gasteiger charge is -2.13. The van der Waals surface area contributed by atoms with Crippen molar-refractivity contribution in [2.24, 2.45) is 0 Å². The molecular weight excluding hydrogens is 336 g/mol. The molecular formula is C14H6F8O. The third kappa shape index (κ3) is 2.30. The Morgan fingerprint density at radius 1 is 0.565 bits per heavy atom. The van der Waals surface area contributed by atoms with Crippen LogP contribution in [0.3, 0.4) is 0 Å². The van der Waals surface area contributed by atoms with Crippen LogP contribution < -0.4 is 0 Å². The Labute approximate surface area is 123 Å². The van der Waals surface area contributed by atoms with E-state index in [1.54, 1.807) is 0 Å². The van der Waals surface area contributed by atoms with Gasteiger partial charge in [-0.05, 0) is 6.42 Å². The van der Waals surface area contributed by atoms with Gasteiger partial charge in [-0.1, -0.05) is 6.92 Å². The average molecular weight is 342 g/mol. The molecule has 0 bridgehead atoms. The molecule has 2 aromatic carbocycles. The third-order valence-corrected chi connectivity index (χ3v) is 3.20. The van der Waals surface area contributed by atoms with Crippen molar-refractivity contribution in [2.75, 3.05) is 0 Å². The van der Waals surface area contributed by atoms with Crippen molar-refractivity contribution >= 4 is 0 Å². The number of benzene rings is 2. The van der Waals surface area contributed by atoms with Crippen LogP contribution in [0.5, 0.6) is 5.75 Å². The fourth-order valence-corrected chi connectivity index (χ4v) is 2.05. The zero-order valence-electron chi connectivity index (χ0n) is 11.2. The van der Waals surface area contributed by atoms with Gasteiger partial charge in [0, 0.05) is 5.56 Å². The molecule has 0 spiro atoms. The van der Waals surface area contributed by atoms with Crippen LogP contribution >= 0.6 is 0 Å². The number of rotatable bonds is 2. The maximum Gasteiger partial charge on any atom is 0.204 e. The number of hydrogen-bond donors (Lipinski definition) is 1. The molecule has 1 nitrogen and oxygen atoms in total. The second kappa shape index (κ2) is 5.71. The van der Waals surface area contributed by atoms with Gasteiger partial charge in [-0.15, -0.1) is 0 Å². The zero-order valence-corrected chi connectivity index (χ0v) is 11.2. The lowest BCUT2D eigenvalue weighted by molar-refractivity contribution is 0.357. The summed E-state index contributed by atoms with van der Waals surface area (Å²) in [7, 11) is 0. The van der Waals surface area contributed by atoms with Crippen molar-refractivity contribution in [3.05, 3.63) is 52.1 Å². The highest BCUT2D eigenvalue weighted by Crippen LogP contribution is 2.39. The molecule has 0 aromatic heterocycles. The Hall–Kier alpha value is -2.32. The van der Waals surface area contributed by atoms with Gasteiger partial charge in [0.15, 0.2) is 40.7 Å². The van der Waals surface area contributed by atoms with E-state index >= 15 is 0 Å². The first-order chi connectivity index (χ1) is 10.6. The summed E-state index contributed by atoms with van der Waals surface area (Å²) in [5, 5.41) is 8.80. The van der Waals surface area contributed by atoms with Crippen molar-refractivity contribution in [3.8, 4) is 16.9 Å². The van der Waals surface area contributed by atoms with Gasteiger partial charge in [-0.25, -0.2) is 26.3 Å².